The molecule has 0 aliphatic carbocycles. The third-order valence-corrected chi connectivity index (χ3v) is 2.95. The van der Waals surface area contributed by atoms with Gasteiger partial charge in [-0.25, -0.2) is 9.18 Å². The Morgan fingerprint density at radius 2 is 2.33 bits per heavy atom. The number of amides is 2. The van der Waals surface area contributed by atoms with Crippen molar-refractivity contribution in [3.05, 3.63) is 48.6 Å². The maximum atomic E-state index is 13.3. The molecule has 0 fully saturated rings. The third kappa shape index (κ3) is 2.81. The number of rotatable bonds is 2. The smallest absolute Gasteiger partial charge is 0.304 e. The number of nitrogens with one attached hydrogen (secondary N) is 2. The van der Waals surface area contributed by atoms with E-state index in [1.54, 1.807) is 30.6 Å². The largest absolute Gasteiger partial charge is 0.327 e. The number of carbonyl (C=O) groups is 1. The highest BCUT2D eigenvalue weighted by molar-refractivity contribution is 5.94. The van der Waals surface area contributed by atoms with Crippen LogP contribution in [0.3, 0.4) is 0 Å². The van der Waals surface area contributed by atoms with Gasteiger partial charge >= 0.3 is 6.03 Å². The summed E-state index contributed by atoms with van der Waals surface area (Å²) >= 11 is 0. The summed E-state index contributed by atoms with van der Waals surface area (Å²) in [5, 5.41) is 9.38. The summed E-state index contributed by atoms with van der Waals surface area (Å²) in [6.07, 6.45) is 6.41. The van der Waals surface area contributed by atoms with Crippen LogP contribution in [-0.4, -0.2) is 34.0 Å². The van der Waals surface area contributed by atoms with Crippen LogP contribution in [0.1, 0.15) is 0 Å². The lowest BCUT2D eigenvalue weighted by Crippen LogP contribution is -2.31. The zero-order valence-electron chi connectivity index (χ0n) is 11.0. The Kier molecular flexibility index (Phi) is 3.46. The highest BCUT2D eigenvalue weighted by Gasteiger charge is 2.15. The van der Waals surface area contributed by atoms with E-state index in [1.807, 2.05) is 0 Å². The highest BCUT2D eigenvalue weighted by atomic mass is 19.1. The summed E-state index contributed by atoms with van der Waals surface area (Å²) in [6.45, 7) is 0.259. The first kappa shape index (κ1) is 13.0. The van der Waals surface area contributed by atoms with Crippen LogP contribution in [0.4, 0.5) is 14.9 Å². The van der Waals surface area contributed by atoms with Crippen LogP contribution in [0, 0.1) is 5.82 Å². The minimum atomic E-state index is -0.354. The molecular weight excluding hydrogens is 273 g/mol. The third-order valence-electron chi connectivity index (χ3n) is 2.95. The van der Waals surface area contributed by atoms with Crippen LogP contribution in [0.2, 0.25) is 0 Å². The fourth-order valence-electron chi connectivity index (χ4n) is 1.95. The van der Waals surface area contributed by atoms with Crippen LogP contribution < -0.4 is 5.32 Å². The van der Waals surface area contributed by atoms with Gasteiger partial charge in [-0.05, 0) is 18.2 Å². The zero-order chi connectivity index (χ0) is 14.7. The highest BCUT2D eigenvalue weighted by Crippen LogP contribution is 2.26. The quantitative estimate of drug-likeness (QED) is 0.890. The molecule has 0 bridgehead atoms. The van der Waals surface area contributed by atoms with Crippen molar-refractivity contribution in [2.24, 2.45) is 4.99 Å². The first-order valence-corrected chi connectivity index (χ1v) is 6.27. The first-order valence-electron chi connectivity index (χ1n) is 6.27. The van der Waals surface area contributed by atoms with Crippen LogP contribution >= 0.6 is 0 Å². The Bertz CT molecular complexity index is 722. The summed E-state index contributed by atoms with van der Waals surface area (Å²) in [7, 11) is 0. The van der Waals surface area contributed by atoms with Gasteiger partial charge < -0.3 is 5.32 Å². The number of aromatic nitrogens is 2. The fourth-order valence-corrected chi connectivity index (χ4v) is 1.95. The minimum absolute atomic E-state index is 0.259. The van der Waals surface area contributed by atoms with Gasteiger partial charge in [0.1, 0.15) is 12.5 Å². The van der Waals surface area contributed by atoms with E-state index < -0.39 is 0 Å². The Morgan fingerprint density at radius 3 is 3.10 bits per heavy atom. The topological polar surface area (TPSA) is 73.4 Å². The molecule has 0 radical (unpaired) electrons. The molecule has 7 heteroatoms. The Hall–Kier alpha value is -2.96. The molecule has 106 valence electrons. The second kappa shape index (κ2) is 5.58. The van der Waals surface area contributed by atoms with Crippen molar-refractivity contribution in [2.75, 3.05) is 12.0 Å². The van der Waals surface area contributed by atoms with Gasteiger partial charge in [-0.3, -0.25) is 15.0 Å². The number of hydrogen-bond donors (Lipinski definition) is 2. The summed E-state index contributed by atoms with van der Waals surface area (Å²) in [4.78, 5) is 17.5. The van der Waals surface area contributed by atoms with E-state index >= 15 is 0 Å². The van der Waals surface area contributed by atoms with Crippen molar-refractivity contribution in [2.45, 2.75) is 0 Å². The lowest BCUT2D eigenvalue weighted by molar-refractivity contribution is 0.229. The maximum absolute atomic E-state index is 13.3. The number of aromatic amines is 1. The van der Waals surface area contributed by atoms with Gasteiger partial charge in [0.25, 0.3) is 0 Å². The predicted octanol–water partition coefficient (Wildman–Crippen LogP) is 2.61. The van der Waals surface area contributed by atoms with Gasteiger partial charge in [0.15, 0.2) is 0 Å². The zero-order valence-corrected chi connectivity index (χ0v) is 11.0. The van der Waals surface area contributed by atoms with E-state index in [2.05, 4.69) is 20.5 Å². The van der Waals surface area contributed by atoms with Crippen LogP contribution in [0.15, 0.2) is 47.7 Å². The lowest BCUT2D eigenvalue weighted by Gasteiger charge is -2.18. The fraction of sp³-hybridized carbons (Fsp3) is 0.0714. The van der Waals surface area contributed by atoms with Gasteiger partial charge in [-0.15, -0.1) is 0 Å². The van der Waals surface area contributed by atoms with Crippen molar-refractivity contribution in [1.82, 2.24) is 15.1 Å². The lowest BCUT2D eigenvalue weighted by atomic mass is 10.1. The molecule has 1 aliphatic heterocycles. The molecule has 0 atom stereocenters. The number of hydrogen-bond acceptors (Lipinski definition) is 3. The van der Waals surface area contributed by atoms with E-state index in [0.717, 1.165) is 0 Å². The molecular formula is C14H12FN5O. The number of anilines is 1. The van der Waals surface area contributed by atoms with Crippen molar-refractivity contribution in [3.63, 3.8) is 0 Å². The molecule has 1 aromatic heterocycles. The normalized spacial score (nSPS) is 13.5. The van der Waals surface area contributed by atoms with Crippen molar-refractivity contribution < 1.29 is 9.18 Å². The molecule has 1 aliphatic rings. The Labute approximate surface area is 120 Å². The number of allylic oxidation sites excluding steroid dienone is 1. The van der Waals surface area contributed by atoms with E-state index in [9.17, 15) is 9.18 Å². The van der Waals surface area contributed by atoms with Gasteiger partial charge in [0, 0.05) is 18.0 Å². The van der Waals surface area contributed by atoms with E-state index in [4.69, 9.17) is 0 Å². The van der Waals surface area contributed by atoms with Gasteiger partial charge in [-0.1, -0.05) is 12.1 Å². The number of aliphatic imine (C=N–C) groups is 1. The molecule has 2 heterocycles. The standard InChI is InChI=1S/C14H12FN5O/c15-11-4-1-3-10(7-11)13-12(8-17-19-13)18-14(21)20-6-2-5-16-9-20/h1-8H,9H2,(H,17,19)(H,18,21). The van der Waals surface area contributed by atoms with E-state index in [-0.39, 0.29) is 18.5 Å². The average molecular weight is 285 g/mol. The van der Waals surface area contributed by atoms with Gasteiger partial charge in [0.05, 0.1) is 17.6 Å². The molecule has 2 aromatic rings. The van der Waals surface area contributed by atoms with Crippen molar-refractivity contribution in [1.29, 1.82) is 0 Å². The minimum Gasteiger partial charge on any atom is -0.304 e. The summed E-state index contributed by atoms with van der Waals surface area (Å²) in [5.41, 5.74) is 1.64. The van der Waals surface area contributed by atoms with Gasteiger partial charge in [-0.2, -0.15) is 5.10 Å². The molecule has 0 spiro atoms. The second-order valence-electron chi connectivity index (χ2n) is 4.38. The summed E-state index contributed by atoms with van der Waals surface area (Å²) < 4.78 is 13.3. The molecule has 2 N–H and O–H groups in total. The Morgan fingerprint density at radius 1 is 1.43 bits per heavy atom. The Balaban J connectivity index is 1.81. The molecule has 21 heavy (non-hydrogen) atoms. The van der Waals surface area contributed by atoms with E-state index in [0.29, 0.717) is 16.9 Å². The molecule has 0 saturated heterocycles. The number of halogens is 1. The summed E-state index contributed by atoms with van der Waals surface area (Å²) in [5.74, 6) is -0.354. The molecule has 0 saturated carbocycles. The second-order valence-corrected chi connectivity index (χ2v) is 4.38. The number of carbonyl (C=O) groups excluding carboxylic acids is 1. The molecule has 1 aromatic carbocycles. The number of urea groups is 1. The SMILES string of the molecule is O=C(Nc1cn[nH]c1-c1cccc(F)c1)N1C=CC=NC1. The van der Waals surface area contributed by atoms with Crippen molar-refractivity contribution >= 4 is 17.9 Å². The molecule has 6 nitrogen and oxygen atoms in total. The number of nitrogens with zero attached hydrogens (tertiary/aromatic N) is 3. The maximum Gasteiger partial charge on any atom is 0.327 e. The van der Waals surface area contributed by atoms with E-state index in [1.165, 1.54) is 23.2 Å². The van der Waals surface area contributed by atoms with Gasteiger partial charge in [0.2, 0.25) is 0 Å². The average Bonchev–Trinajstić information content (AvgIpc) is 2.96. The predicted molar refractivity (Wildman–Crippen MR) is 77.3 cm³/mol. The van der Waals surface area contributed by atoms with Crippen LogP contribution in [0.5, 0.6) is 0 Å². The first-order chi connectivity index (χ1) is 10.2. The summed E-state index contributed by atoms with van der Waals surface area (Å²) in [6, 6.07) is 5.72. The molecule has 2 amide bonds. The van der Waals surface area contributed by atoms with Crippen molar-refractivity contribution in [3.8, 4) is 11.3 Å². The molecule has 3 rings (SSSR count). The number of H-pyrrole nitrogens is 1. The van der Waals surface area contributed by atoms with Crippen LogP contribution in [0.25, 0.3) is 11.3 Å². The monoisotopic (exact) mass is 285 g/mol. The van der Waals surface area contributed by atoms with Crippen LogP contribution in [-0.2, 0) is 0 Å². The molecule has 0 unspecified atom stereocenters. The number of benzene rings is 1.